The molecule has 0 radical (unpaired) electrons. The molecule has 0 atom stereocenters. The Kier molecular flexibility index (Phi) is 3.57. The number of benzene rings is 2. The van der Waals surface area contributed by atoms with E-state index in [0.29, 0.717) is 12.4 Å². The lowest BCUT2D eigenvalue weighted by molar-refractivity contribution is 0.290. The minimum Gasteiger partial charge on any atom is -0.504 e. The second-order valence-corrected chi connectivity index (χ2v) is 5.22. The Balaban J connectivity index is 1.93. The molecule has 0 bridgehead atoms. The number of ether oxygens (including phenoxy) is 1. The number of rotatable bonds is 4. The summed E-state index contributed by atoms with van der Waals surface area (Å²) >= 11 is 0. The van der Waals surface area contributed by atoms with E-state index in [1.54, 1.807) is 18.2 Å². The highest BCUT2D eigenvalue weighted by atomic mass is 16.5. The smallest absolute Gasteiger partial charge is 0.161 e. The van der Waals surface area contributed by atoms with Crippen LogP contribution in [0.5, 0.6) is 11.5 Å². The lowest BCUT2D eigenvalue weighted by Gasteiger charge is -2.07. The molecule has 0 saturated heterocycles. The third kappa shape index (κ3) is 2.59. The van der Waals surface area contributed by atoms with Gasteiger partial charge in [-0.2, -0.15) is 0 Å². The highest BCUT2D eigenvalue weighted by molar-refractivity contribution is 5.84. The molecule has 0 saturated carbocycles. The van der Waals surface area contributed by atoms with Crippen molar-refractivity contribution in [2.24, 2.45) is 0 Å². The predicted molar refractivity (Wildman–Crippen MR) is 84.8 cm³/mol. The molecule has 1 aromatic heterocycles. The van der Waals surface area contributed by atoms with Gasteiger partial charge in [-0.25, -0.2) is 0 Å². The Labute approximate surface area is 124 Å². The molecule has 0 fully saturated rings. The van der Waals surface area contributed by atoms with Crippen LogP contribution < -0.4 is 4.74 Å². The third-order valence-corrected chi connectivity index (χ3v) is 3.71. The summed E-state index contributed by atoms with van der Waals surface area (Å²) in [5, 5.41) is 11.0. The molecule has 0 unspecified atom stereocenters. The van der Waals surface area contributed by atoms with E-state index < -0.39 is 0 Å². The first-order valence-electron chi connectivity index (χ1n) is 7.18. The van der Waals surface area contributed by atoms with E-state index in [4.69, 9.17) is 4.74 Å². The van der Waals surface area contributed by atoms with Crippen LogP contribution in [0.15, 0.2) is 48.7 Å². The number of para-hydroxylation sites is 2. The quantitative estimate of drug-likeness (QED) is 0.775. The summed E-state index contributed by atoms with van der Waals surface area (Å²) in [5.41, 5.74) is 3.60. The van der Waals surface area contributed by atoms with Crippen molar-refractivity contribution >= 4 is 10.9 Å². The number of nitrogens with zero attached hydrogens (tertiary/aromatic N) is 1. The fraction of sp³-hybridized carbons (Fsp3) is 0.222. The van der Waals surface area contributed by atoms with Crippen LogP contribution in [0.2, 0.25) is 0 Å². The molecule has 0 aliphatic carbocycles. The second-order valence-electron chi connectivity index (χ2n) is 5.22. The zero-order valence-electron chi connectivity index (χ0n) is 12.3. The van der Waals surface area contributed by atoms with E-state index in [-0.39, 0.29) is 5.75 Å². The minimum absolute atomic E-state index is 0.174. The Hall–Kier alpha value is -2.42. The summed E-state index contributed by atoms with van der Waals surface area (Å²) in [5.74, 6) is 0.690. The number of phenols is 1. The SMILES string of the molecule is CCn1cc(COc2ccccc2O)c2cc(C)ccc21. The maximum Gasteiger partial charge on any atom is 0.161 e. The largest absolute Gasteiger partial charge is 0.504 e. The van der Waals surface area contributed by atoms with Crippen LogP contribution in [0, 0.1) is 6.92 Å². The highest BCUT2D eigenvalue weighted by Crippen LogP contribution is 2.28. The van der Waals surface area contributed by atoms with Crippen molar-refractivity contribution in [3.8, 4) is 11.5 Å². The van der Waals surface area contributed by atoms with E-state index in [2.05, 4.69) is 42.8 Å². The molecule has 0 amide bonds. The van der Waals surface area contributed by atoms with Crippen LogP contribution in [0.25, 0.3) is 10.9 Å². The van der Waals surface area contributed by atoms with E-state index in [1.165, 1.54) is 16.5 Å². The Morgan fingerprint density at radius 1 is 1.14 bits per heavy atom. The highest BCUT2D eigenvalue weighted by Gasteiger charge is 2.09. The van der Waals surface area contributed by atoms with Gasteiger partial charge >= 0.3 is 0 Å². The van der Waals surface area contributed by atoms with Gasteiger partial charge in [0.15, 0.2) is 11.5 Å². The molecule has 0 spiro atoms. The number of fused-ring (bicyclic) bond motifs is 1. The fourth-order valence-electron chi connectivity index (χ4n) is 2.60. The molecule has 3 heteroatoms. The van der Waals surface area contributed by atoms with Crippen LogP contribution >= 0.6 is 0 Å². The van der Waals surface area contributed by atoms with Gasteiger partial charge in [0.25, 0.3) is 0 Å². The second kappa shape index (κ2) is 5.52. The van der Waals surface area contributed by atoms with Gasteiger partial charge in [-0.3, -0.25) is 0 Å². The summed E-state index contributed by atoms with van der Waals surface area (Å²) in [4.78, 5) is 0. The monoisotopic (exact) mass is 281 g/mol. The Morgan fingerprint density at radius 3 is 2.71 bits per heavy atom. The van der Waals surface area contributed by atoms with E-state index >= 15 is 0 Å². The van der Waals surface area contributed by atoms with Crippen LogP contribution in [0.1, 0.15) is 18.1 Å². The molecular weight excluding hydrogens is 262 g/mol. The molecule has 108 valence electrons. The molecule has 1 N–H and O–H groups in total. The molecule has 3 rings (SSSR count). The van der Waals surface area contributed by atoms with E-state index in [0.717, 1.165) is 12.1 Å². The van der Waals surface area contributed by atoms with Gasteiger partial charge in [0.1, 0.15) is 6.61 Å². The first-order chi connectivity index (χ1) is 10.2. The van der Waals surface area contributed by atoms with E-state index in [9.17, 15) is 5.11 Å². The first-order valence-corrected chi connectivity index (χ1v) is 7.18. The van der Waals surface area contributed by atoms with Crippen LogP contribution in [0.4, 0.5) is 0 Å². The van der Waals surface area contributed by atoms with Gasteiger partial charge in [-0.15, -0.1) is 0 Å². The molecular formula is C18H19NO2. The van der Waals surface area contributed by atoms with Crippen molar-refractivity contribution in [2.75, 3.05) is 0 Å². The summed E-state index contributed by atoms with van der Waals surface area (Å²) in [7, 11) is 0. The van der Waals surface area contributed by atoms with Crippen molar-refractivity contribution in [1.82, 2.24) is 4.57 Å². The number of aromatic nitrogens is 1. The number of hydrogen-bond acceptors (Lipinski definition) is 2. The van der Waals surface area contributed by atoms with Crippen molar-refractivity contribution in [1.29, 1.82) is 0 Å². The lowest BCUT2D eigenvalue weighted by Crippen LogP contribution is -1.95. The Morgan fingerprint density at radius 2 is 1.95 bits per heavy atom. The molecule has 0 aliphatic rings. The number of hydrogen-bond donors (Lipinski definition) is 1. The van der Waals surface area contributed by atoms with Gasteiger partial charge in [0.2, 0.25) is 0 Å². The van der Waals surface area contributed by atoms with Gasteiger partial charge in [-0.1, -0.05) is 23.8 Å². The van der Waals surface area contributed by atoms with Gasteiger partial charge in [-0.05, 0) is 38.1 Å². The van der Waals surface area contributed by atoms with Crippen molar-refractivity contribution in [2.45, 2.75) is 27.0 Å². The summed E-state index contributed by atoms with van der Waals surface area (Å²) in [6.07, 6.45) is 2.13. The number of phenolic OH excluding ortho intramolecular Hbond substituents is 1. The normalized spacial score (nSPS) is 11.0. The fourth-order valence-corrected chi connectivity index (χ4v) is 2.60. The maximum atomic E-state index is 9.77. The number of aromatic hydroxyl groups is 1. The predicted octanol–water partition coefficient (Wildman–Crippen LogP) is 4.25. The molecule has 2 aromatic carbocycles. The molecule has 1 heterocycles. The van der Waals surface area contributed by atoms with Crippen molar-refractivity contribution in [3.63, 3.8) is 0 Å². The molecule has 3 nitrogen and oxygen atoms in total. The molecule has 3 aromatic rings. The standard InChI is InChI=1S/C18H19NO2/c1-3-19-11-14(15-10-13(2)8-9-16(15)19)12-21-18-7-5-4-6-17(18)20/h4-11,20H,3,12H2,1-2H3. The third-order valence-electron chi connectivity index (χ3n) is 3.71. The summed E-state index contributed by atoms with van der Waals surface area (Å²) in [6.45, 7) is 5.60. The van der Waals surface area contributed by atoms with Crippen LogP contribution in [-0.2, 0) is 13.2 Å². The zero-order chi connectivity index (χ0) is 14.8. The van der Waals surface area contributed by atoms with Crippen molar-refractivity contribution in [3.05, 3.63) is 59.8 Å². The minimum atomic E-state index is 0.174. The lowest BCUT2D eigenvalue weighted by atomic mass is 10.1. The first kappa shape index (κ1) is 13.6. The average molecular weight is 281 g/mol. The topological polar surface area (TPSA) is 34.4 Å². The maximum absolute atomic E-state index is 9.77. The number of aryl methyl sites for hydroxylation is 2. The van der Waals surface area contributed by atoms with Crippen LogP contribution in [-0.4, -0.2) is 9.67 Å². The summed E-state index contributed by atoms with van der Waals surface area (Å²) in [6, 6.07) is 13.5. The Bertz CT molecular complexity index is 774. The van der Waals surface area contributed by atoms with Gasteiger partial charge < -0.3 is 14.4 Å². The molecule has 21 heavy (non-hydrogen) atoms. The van der Waals surface area contributed by atoms with Gasteiger partial charge in [0.05, 0.1) is 0 Å². The average Bonchev–Trinajstić information content (AvgIpc) is 2.83. The molecule has 0 aliphatic heterocycles. The van der Waals surface area contributed by atoms with Gasteiger partial charge in [0, 0.05) is 29.2 Å². The van der Waals surface area contributed by atoms with Crippen molar-refractivity contribution < 1.29 is 9.84 Å². The van der Waals surface area contributed by atoms with Crippen LogP contribution in [0.3, 0.4) is 0 Å². The summed E-state index contributed by atoms with van der Waals surface area (Å²) < 4.78 is 7.99. The zero-order valence-corrected chi connectivity index (χ0v) is 12.3. The van der Waals surface area contributed by atoms with E-state index in [1.807, 2.05) is 6.07 Å².